The summed E-state index contributed by atoms with van der Waals surface area (Å²) in [4.78, 5) is 0. The van der Waals surface area contributed by atoms with E-state index in [9.17, 15) is 0 Å². The molecule has 0 aliphatic heterocycles. The van der Waals surface area contributed by atoms with Crippen molar-refractivity contribution in [1.82, 2.24) is 5.32 Å². The van der Waals surface area contributed by atoms with Gasteiger partial charge >= 0.3 is 0 Å². The third-order valence-electron chi connectivity index (χ3n) is 2.46. The first kappa shape index (κ1) is 15.4. The number of rotatable bonds is 9. The van der Waals surface area contributed by atoms with Gasteiger partial charge in [-0.3, -0.25) is 0 Å². The summed E-state index contributed by atoms with van der Waals surface area (Å²) in [6.07, 6.45) is 1.16. The molecule has 0 aliphatic carbocycles. The molecule has 0 aliphatic rings. The quantitative estimate of drug-likeness (QED) is 0.518. The van der Waals surface area contributed by atoms with Gasteiger partial charge < -0.3 is 10.1 Å². The second-order valence-corrected chi connectivity index (χ2v) is 5.40. The van der Waals surface area contributed by atoms with Gasteiger partial charge in [0.2, 0.25) is 0 Å². The smallest absolute Gasteiger partial charge is 0.0591 e. The number of hydrogen-bond donors (Lipinski definition) is 1. The molecule has 1 unspecified atom stereocenters. The normalized spacial score (nSPS) is 13.8. The summed E-state index contributed by atoms with van der Waals surface area (Å²) in [5.74, 6) is 1.41. The van der Waals surface area contributed by atoms with Crippen LogP contribution in [-0.4, -0.2) is 31.1 Å². The molecule has 92 valence electrons. The van der Waals surface area contributed by atoms with Crippen molar-refractivity contribution in [2.45, 2.75) is 40.2 Å². The summed E-state index contributed by atoms with van der Waals surface area (Å²) in [6.45, 7) is 11.6. The van der Waals surface area contributed by atoms with Gasteiger partial charge in [-0.25, -0.2) is 0 Å². The number of nitrogens with one attached hydrogen (secondary N) is 1. The monoisotopic (exact) mass is 279 g/mol. The fourth-order valence-corrected chi connectivity index (χ4v) is 2.18. The van der Waals surface area contributed by atoms with Gasteiger partial charge in [0, 0.05) is 24.5 Å². The van der Waals surface area contributed by atoms with Gasteiger partial charge in [0.1, 0.15) is 0 Å². The van der Waals surface area contributed by atoms with E-state index in [0.29, 0.717) is 12.0 Å². The molecular weight excluding hydrogens is 254 g/mol. The molecule has 0 aromatic carbocycles. The molecule has 0 bridgehead atoms. The zero-order valence-electron chi connectivity index (χ0n) is 10.6. The van der Waals surface area contributed by atoms with E-state index >= 15 is 0 Å². The van der Waals surface area contributed by atoms with Crippen LogP contribution in [0.15, 0.2) is 0 Å². The molecule has 2 nitrogen and oxygen atoms in total. The lowest BCUT2D eigenvalue weighted by atomic mass is 10.1. The maximum Gasteiger partial charge on any atom is 0.0591 e. The molecule has 15 heavy (non-hydrogen) atoms. The summed E-state index contributed by atoms with van der Waals surface area (Å²) in [7, 11) is 0. The van der Waals surface area contributed by atoms with Crippen molar-refractivity contribution < 1.29 is 4.74 Å². The Labute approximate surface area is 103 Å². The maximum absolute atomic E-state index is 5.54. The van der Waals surface area contributed by atoms with E-state index in [0.717, 1.165) is 37.4 Å². The van der Waals surface area contributed by atoms with E-state index in [-0.39, 0.29) is 0 Å². The molecule has 0 spiro atoms. The Kier molecular flexibility index (Phi) is 9.87. The predicted molar refractivity (Wildman–Crippen MR) is 70.7 cm³/mol. The van der Waals surface area contributed by atoms with Crippen LogP contribution in [0.5, 0.6) is 0 Å². The molecule has 3 heteroatoms. The third-order valence-corrected chi connectivity index (χ3v) is 3.16. The predicted octanol–water partition coefficient (Wildman–Crippen LogP) is 3.06. The molecular formula is C12H26BrNO. The van der Waals surface area contributed by atoms with Crippen LogP contribution in [-0.2, 0) is 4.74 Å². The van der Waals surface area contributed by atoms with Crippen LogP contribution in [0.25, 0.3) is 0 Å². The van der Waals surface area contributed by atoms with Gasteiger partial charge in [-0.1, -0.05) is 43.6 Å². The highest BCUT2D eigenvalue weighted by atomic mass is 79.9. The summed E-state index contributed by atoms with van der Waals surface area (Å²) >= 11 is 3.52. The second-order valence-electron chi connectivity index (χ2n) is 4.75. The molecule has 0 aromatic rings. The second kappa shape index (κ2) is 9.61. The van der Waals surface area contributed by atoms with E-state index in [1.165, 1.54) is 0 Å². The third kappa shape index (κ3) is 9.34. The van der Waals surface area contributed by atoms with Crippen molar-refractivity contribution in [1.29, 1.82) is 0 Å². The first-order valence-corrected chi connectivity index (χ1v) is 7.07. The van der Waals surface area contributed by atoms with Gasteiger partial charge in [0.15, 0.2) is 0 Å². The van der Waals surface area contributed by atoms with Crippen molar-refractivity contribution in [3.8, 4) is 0 Å². The lowest BCUT2D eigenvalue weighted by molar-refractivity contribution is 0.122. The maximum atomic E-state index is 5.54. The van der Waals surface area contributed by atoms with Gasteiger partial charge in [-0.2, -0.15) is 0 Å². The van der Waals surface area contributed by atoms with Crippen molar-refractivity contribution >= 4 is 15.9 Å². The summed E-state index contributed by atoms with van der Waals surface area (Å²) in [6, 6.07) is 0.554. The number of alkyl halides is 1. The highest BCUT2D eigenvalue weighted by Crippen LogP contribution is 2.04. The molecule has 1 atom stereocenters. The standard InChI is InChI=1S/C12H26BrNO/c1-10(2)5-7-15-8-6-14-12(9-13)11(3)4/h10-12,14H,5-9H2,1-4H3. The average Bonchev–Trinajstić information content (AvgIpc) is 2.15. The minimum atomic E-state index is 0.554. The summed E-state index contributed by atoms with van der Waals surface area (Å²) in [5, 5.41) is 4.50. The molecule has 0 saturated heterocycles. The van der Waals surface area contributed by atoms with Crippen LogP contribution in [0.2, 0.25) is 0 Å². The molecule has 0 fully saturated rings. The molecule has 1 N–H and O–H groups in total. The first-order valence-electron chi connectivity index (χ1n) is 5.95. The minimum absolute atomic E-state index is 0.554. The number of hydrogen-bond acceptors (Lipinski definition) is 2. The SMILES string of the molecule is CC(C)CCOCCNC(CBr)C(C)C. The molecule has 0 amide bonds. The Balaban J connectivity index is 3.29. The number of ether oxygens (including phenoxy) is 1. The Hall–Kier alpha value is 0.400. The minimum Gasteiger partial charge on any atom is -0.380 e. The molecule has 0 heterocycles. The average molecular weight is 280 g/mol. The molecule has 0 rings (SSSR count). The Morgan fingerprint density at radius 3 is 2.27 bits per heavy atom. The topological polar surface area (TPSA) is 21.3 Å². The zero-order valence-corrected chi connectivity index (χ0v) is 12.1. The van der Waals surface area contributed by atoms with Crippen LogP contribution in [0.1, 0.15) is 34.1 Å². The van der Waals surface area contributed by atoms with Gasteiger partial charge in [-0.05, 0) is 18.3 Å². The highest BCUT2D eigenvalue weighted by Gasteiger charge is 2.09. The van der Waals surface area contributed by atoms with E-state index in [1.54, 1.807) is 0 Å². The van der Waals surface area contributed by atoms with Gasteiger partial charge in [0.25, 0.3) is 0 Å². The summed E-state index contributed by atoms with van der Waals surface area (Å²) in [5.41, 5.74) is 0. The van der Waals surface area contributed by atoms with Crippen LogP contribution in [0.4, 0.5) is 0 Å². The fourth-order valence-electron chi connectivity index (χ4n) is 1.21. The lowest BCUT2D eigenvalue weighted by Crippen LogP contribution is -2.37. The van der Waals surface area contributed by atoms with Crippen molar-refractivity contribution in [2.24, 2.45) is 11.8 Å². The Morgan fingerprint density at radius 1 is 1.13 bits per heavy atom. The van der Waals surface area contributed by atoms with Crippen LogP contribution in [0.3, 0.4) is 0 Å². The van der Waals surface area contributed by atoms with Crippen LogP contribution >= 0.6 is 15.9 Å². The van der Waals surface area contributed by atoms with Crippen molar-refractivity contribution in [2.75, 3.05) is 25.1 Å². The van der Waals surface area contributed by atoms with E-state index < -0.39 is 0 Å². The lowest BCUT2D eigenvalue weighted by Gasteiger charge is -2.19. The van der Waals surface area contributed by atoms with E-state index in [2.05, 4.69) is 48.9 Å². The largest absolute Gasteiger partial charge is 0.380 e. The zero-order chi connectivity index (χ0) is 11.7. The molecule has 0 aromatic heterocycles. The Morgan fingerprint density at radius 2 is 1.80 bits per heavy atom. The van der Waals surface area contributed by atoms with E-state index in [1.807, 2.05) is 0 Å². The van der Waals surface area contributed by atoms with E-state index in [4.69, 9.17) is 4.74 Å². The molecule has 0 radical (unpaired) electrons. The highest BCUT2D eigenvalue weighted by molar-refractivity contribution is 9.09. The molecule has 0 saturated carbocycles. The summed E-state index contributed by atoms with van der Waals surface area (Å²) < 4.78 is 5.54. The van der Waals surface area contributed by atoms with Gasteiger partial charge in [0.05, 0.1) is 6.61 Å². The van der Waals surface area contributed by atoms with Crippen LogP contribution < -0.4 is 5.32 Å². The fraction of sp³-hybridized carbons (Fsp3) is 1.00. The number of halogens is 1. The van der Waals surface area contributed by atoms with Crippen molar-refractivity contribution in [3.05, 3.63) is 0 Å². The Bertz CT molecular complexity index is 140. The van der Waals surface area contributed by atoms with Crippen molar-refractivity contribution in [3.63, 3.8) is 0 Å². The van der Waals surface area contributed by atoms with Gasteiger partial charge in [-0.15, -0.1) is 0 Å². The first-order chi connectivity index (χ1) is 7.07. The van der Waals surface area contributed by atoms with Crippen LogP contribution in [0, 0.1) is 11.8 Å².